The molecule has 0 unspecified atom stereocenters. The van der Waals surface area contributed by atoms with E-state index in [4.69, 9.17) is 5.41 Å². The molecule has 8 nitrogen and oxygen atoms in total. The zero-order valence-corrected chi connectivity index (χ0v) is 19.2. The number of rotatable bonds is 12. The summed E-state index contributed by atoms with van der Waals surface area (Å²) in [4.78, 5) is 49.6. The molecule has 0 heterocycles. The molecule has 2 aromatic rings. The van der Waals surface area contributed by atoms with Crippen LogP contribution in [0.3, 0.4) is 0 Å². The van der Waals surface area contributed by atoms with Gasteiger partial charge in [-0.05, 0) is 36.6 Å². The molecule has 0 saturated heterocycles. The van der Waals surface area contributed by atoms with Gasteiger partial charge in [-0.3, -0.25) is 19.2 Å². The van der Waals surface area contributed by atoms with Crippen molar-refractivity contribution in [2.75, 3.05) is 0 Å². The van der Waals surface area contributed by atoms with Crippen molar-refractivity contribution >= 4 is 29.7 Å². The monoisotopic (exact) mass is 468 g/mol. The van der Waals surface area contributed by atoms with Crippen molar-refractivity contribution in [3.63, 3.8) is 0 Å². The van der Waals surface area contributed by atoms with Crippen LogP contribution in [0.25, 0.3) is 0 Å². The predicted octanol–water partition coefficient (Wildman–Crippen LogP) is 2.06. The lowest BCUT2D eigenvalue weighted by Crippen LogP contribution is -2.61. The van der Waals surface area contributed by atoms with Crippen LogP contribution in [-0.2, 0) is 32.1 Å². The zero-order chi connectivity index (χ0) is 25.1. The molecular formula is C25H29FN4O4. The van der Waals surface area contributed by atoms with Crippen LogP contribution in [0.1, 0.15) is 37.8 Å². The van der Waals surface area contributed by atoms with Crippen LogP contribution in [0.2, 0.25) is 0 Å². The maximum absolute atomic E-state index is 13.3. The Morgan fingerprint density at radius 2 is 1.68 bits per heavy atom. The van der Waals surface area contributed by atoms with E-state index in [2.05, 4.69) is 16.0 Å². The topological polar surface area (TPSA) is 128 Å². The molecule has 0 fully saturated rings. The molecule has 4 N–H and O–H groups in total. The summed E-state index contributed by atoms with van der Waals surface area (Å²) in [7, 11) is 0. The van der Waals surface area contributed by atoms with Crippen LogP contribution >= 0.6 is 0 Å². The standard InChI is InChI=1S/C25H29FN4O4/c1-17(31)30-25(2,14-18-6-4-3-5-7-18)24(34)29-22(13-12-21(32)15-27)23(33)28-16-19-8-10-20(26)11-9-19/h3-11,15,22,27H,12-14,16H2,1-2H3,(H,28,33)(H,29,34)(H,30,31)/t22-,25+/m0/s1. The number of ketones is 1. The first kappa shape index (κ1) is 26.4. The van der Waals surface area contributed by atoms with Crippen molar-refractivity contribution in [1.29, 1.82) is 5.41 Å². The van der Waals surface area contributed by atoms with Gasteiger partial charge in [0.1, 0.15) is 17.4 Å². The fourth-order valence-corrected chi connectivity index (χ4v) is 3.43. The highest BCUT2D eigenvalue weighted by molar-refractivity contribution is 6.26. The number of Topliss-reactive ketones (excluding diaryl/α,β-unsaturated/α-hetero) is 1. The van der Waals surface area contributed by atoms with Gasteiger partial charge in [-0.2, -0.15) is 0 Å². The molecule has 0 saturated carbocycles. The minimum absolute atomic E-state index is 0.0311. The number of hydrogen-bond donors (Lipinski definition) is 4. The highest BCUT2D eigenvalue weighted by Crippen LogP contribution is 2.15. The summed E-state index contributed by atoms with van der Waals surface area (Å²) in [5.74, 6) is -2.43. The average Bonchev–Trinajstić information content (AvgIpc) is 2.80. The molecule has 180 valence electrons. The Kier molecular flexibility index (Phi) is 9.61. The Balaban J connectivity index is 2.18. The molecule has 2 rings (SSSR count). The van der Waals surface area contributed by atoms with Crippen molar-refractivity contribution in [1.82, 2.24) is 16.0 Å². The van der Waals surface area contributed by atoms with E-state index < -0.39 is 40.9 Å². The molecule has 3 amide bonds. The Bertz CT molecular complexity index is 1030. The van der Waals surface area contributed by atoms with Crippen LogP contribution in [0.4, 0.5) is 4.39 Å². The predicted molar refractivity (Wildman–Crippen MR) is 126 cm³/mol. The highest BCUT2D eigenvalue weighted by atomic mass is 19.1. The molecule has 0 aliphatic rings. The Labute approximate surface area is 197 Å². The summed E-state index contributed by atoms with van der Waals surface area (Å²) in [6.07, 6.45) is 0.694. The molecule has 0 aliphatic heterocycles. The minimum atomic E-state index is -1.35. The van der Waals surface area contributed by atoms with Gasteiger partial charge in [0, 0.05) is 26.3 Å². The van der Waals surface area contributed by atoms with E-state index in [1.807, 2.05) is 30.3 Å². The van der Waals surface area contributed by atoms with Gasteiger partial charge >= 0.3 is 0 Å². The van der Waals surface area contributed by atoms with Crippen LogP contribution < -0.4 is 16.0 Å². The van der Waals surface area contributed by atoms with Gasteiger partial charge in [0.25, 0.3) is 0 Å². The molecule has 2 aromatic carbocycles. The van der Waals surface area contributed by atoms with Crippen LogP contribution in [0.15, 0.2) is 54.6 Å². The van der Waals surface area contributed by atoms with E-state index >= 15 is 0 Å². The quantitative estimate of drug-likeness (QED) is 0.356. The SMILES string of the molecule is CC(=O)N[C@](C)(Cc1ccccc1)C(=O)N[C@@H](CCC(=O)C=N)C(=O)NCc1ccc(F)cc1. The lowest BCUT2D eigenvalue weighted by Gasteiger charge is -2.31. The van der Waals surface area contributed by atoms with Crippen molar-refractivity contribution < 1.29 is 23.6 Å². The van der Waals surface area contributed by atoms with Gasteiger partial charge in [0.15, 0.2) is 5.78 Å². The Hall–Kier alpha value is -3.88. The summed E-state index contributed by atoms with van der Waals surface area (Å²) in [6, 6.07) is 13.6. The smallest absolute Gasteiger partial charge is 0.246 e. The normalized spacial score (nSPS) is 13.1. The van der Waals surface area contributed by atoms with Crippen LogP contribution in [0, 0.1) is 11.2 Å². The molecule has 2 atom stereocenters. The Morgan fingerprint density at radius 1 is 1.03 bits per heavy atom. The molecule has 0 bridgehead atoms. The third kappa shape index (κ3) is 8.23. The summed E-state index contributed by atoms with van der Waals surface area (Å²) in [5, 5.41) is 15.1. The van der Waals surface area contributed by atoms with Crippen molar-refractivity contribution in [2.45, 2.75) is 51.2 Å². The van der Waals surface area contributed by atoms with Crippen molar-refractivity contribution in [2.24, 2.45) is 0 Å². The Morgan fingerprint density at radius 3 is 2.26 bits per heavy atom. The average molecular weight is 469 g/mol. The lowest BCUT2D eigenvalue weighted by molar-refractivity contribution is -0.135. The minimum Gasteiger partial charge on any atom is -0.350 e. The van der Waals surface area contributed by atoms with Gasteiger partial charge in [-0.25, -0.2) is 4.39 Å². The third-order valence-corrected chi connectivity index (χ3v) is 5.20. The largest absolute Gasteiger partial charge is 0.350 e. The van der Waals surface area contributed by atoms with Crippen LogP contribution in [0.5, 0.6) is 0 Å². The van der Waals surface area contributed by atoms with Gasteiger partial charge < -0.3 is 21.4 Å². The van der Waals surface area contributed by atoms with E-state index in [0.717, 1.165) is 5.56 Å². The highest BCUT2D eigenvalue weighted by Gasteiger charge is 2.36. The van der Waals surface area contributed by atoms with Crippen molar-refractivity contribution in [3.8, 4) is 0 Å². The van der Waals surface area contributed by atoms with Gasteiger partial charge in [-0.15, -0.1) is 0 Å². The van der Waals surface area contributed by atoms with Gasteiger partial charge in [0.05, 0.1) is 6.21 Å². The fraction of sp³-hybridized carbons (Fsp3) is 0.320. The van der Waals surface area contributed by atoms with Crippen molar-refractivity contribution in [3.05, 3.63) is 71.5 Å². The summed E-state index contributed by atoms with van der Waals surface area (Å²) < 4.78 is 13.1. The molecule has 9 heteroatoms. The third-order valence-electron chi connectivity index (χ3n) is 5.20. The number of nitrogens with one attached hydrogen (secondary N) is 4. The number of carbonyl (C=O) groups is 4. The second-order valence-corrected chi connectivity index (χ2v) is 8.20. The molecular weight excluding hydrogens is 439 g/mol. The maximum Gasteiger partial charge on any atom is 0.246 e. The van der Waals surface area contributed by atoms with E-state index in [1.54, 1.807) is 6.92 Å². The molecule has 0 aromatic heterocycles. The maximum atomic E-state index is 13.3. The van der Waals surface area contributed by atoms with E-state index in [0.29, 0.717) is 11.8 Å². The van der Waals surface area contributed by atoms with Gasteiger partial charge in [0.2, 0.25) is 17.7 Å². The second kappa shape index (κ2) is 12.4. The zero-order valence-electron chi connectivity index (χ0n) is 19.2. The number of halogens is 1. The van der Waals surface area contributed by atoms with Gasteiger partial charge in [-0.1, -0.05) is 42.5 Å². The number of benzene rings is 2. The van der Waals surface area contributed by atoms with E-state index in [9.17, 15) is 23.6 Å². The first-order valence-corrected chi connectivity index (χ1v) is 10.8. The summed E-state index contributed by atoms with van der Waals surface area (Å²) in [6.45, 7) is 2.95. The van der Waals surface area contributed by atoms with Crippen LogP contribution in [-0.4, -0.2) is 41.3 Å². The molecule has 0 aliphatic carbocycles. The lowest BCUT2D eigenvalue weighted by atomic mass is 9.91. The number of amides is 3. The van der Waals surface area contributed by atoms with E-state index in [-0.39, 0.29) is 25.8 Å². The second-order valence-electron chi connectivity index (χ2n) is 8.20. The summed E-state index contributed by atoms with van der Waals surface area (Å²) >= 11 is 0. The molecule has 0 radical (unpaired) electrons. The summed E-state index contributed by atoms with van der Waals surface area (Å²) in [5.41, 5.74) is 0.113. The number of hydrogen-bond acceptors (Lipinski definition) is 5. The molecule has 0 spiro atoms. The van der Waals surface area contributed by atoms with E-state index in [1.165, 1.54) is 31.2 Å². The fourth-order valence-electron chi connectivity index (χ4n) is 3.43. The number of carbonyl (C=O) groups excluding carboxylic acids is 4. The first-order valence-electron chi connectivity index (χ1n) is 10.8. The first-order chi connectivity index (χ1) is 16.1. The molecule has 34 heavy (non-hydrogen) atoms.